The van der Waals surface area contributed by atoms with Gasteiger partial charge in [-0.2, -0.15) is 5.10 Å². The third kappa shape index (κ3) is 1.85. The van der Waals surface area contributed by atoms with E-state index in [1.807, 2.05) is 29.2 Å². The number of fused-ring (bicyclic) bond motifs is 1. The molecule has 0 saturated heterocycles. The van der Waals surface area contributed by atoms with Gasteiger partial charge in [-0.1, -0.05) is 31.2 Å². The van der Waals surface area contributed by atoms with Crippen molar-refractivity contribution in [3.63, 3.8) is 0 Å². The number of aliphatic imine (C=N–C) groups is 1. The van der Waals surface area contributed by atoms with Gasteiger partial charge in [0, 0.05) is 18.1 Å². The first-order valence-electron chi connectivity index (χ1n) is 6.07. The van der Waals surface area contributed by atoms with Crippen LogP contribution < -0.4 is 4.90 Å². The molecule has 0 aliphatic carbocycles. The number of aromatic nitrogens is 2. The molecular weight excluding hydrogens is 260 g/mol. The molecule has 19 heavy (non-hydrogen) atoms. The zero-order valence-electron chi connectivity index (χ0n) is 10.5. The van der Waals surface area contributed by atoms with Gasteiger partial charge in [-0.05, 0) is 12.1 Å². The second-order valence-corrected chi connectivity index (χ2v) is 4.65. The SMILES string of the molecule is C=C1c2c(Cl)cccc2N=C(CC)N1c1ccn[nH]1. The van der Waals surface area contributed by atoms with Crippen molar-refractivity contribution in [1.29, 1.82) is 0 Å². The van der Waals surface area contributed by atoms with Crippen molar-refractivity contribution in [2.24, 2.45) is 4.99 Å². The number of hydrogen-bond donors (Lipinski definition) is 1. The van der Waals surface area contributed by atoms with Crippen LogP contribution >= 0.6 is 11.6 Å². The lowest BCUT2D eigenvalue weighted by atomic mass is 10.1. The quantitative estimate of drug-likeness (QED) is 0.898. The Morgan fingerprint density at radius 2 is 2.21 bits per heavy atom. The van der Waals surface area contributed by atoms with Gasteiger partial charge in [-0.3, -0.25) is 10.00 Å². The molecule has 1 aliphatic heterocycles. The number of nitrogens with zero attached hydrogens (tertiary/aromatic N) is 3. The highest BCUT2D eigenvalue weighted by atomic mass is 35.5. The molecule has 0 atom stereocenters. The van der Waals surface area contributed by atoms with Crippen molar-refractivity contribution >= 4 is 34.6 Å². The van der Waals surface area contributed by atoms with Crippen molar-refractivity contribution in [2.75, 3.05) is 4.90 Å². The number of benzene rings is 1. The molecule has 1 aromatic heterocycles. The molecule has 96 valence electrons. The molecule has 0 radical (unpaired) electrons. The summed E-state index contributed by atoms with van der Waals surface area (Å²) in [4.78, 5) is 6.62. The second kappa shape index (κ2) is 4.55. The van der Waals surface area contributed by atoms with E-state index < -0.39 is 0 Å². The van der Waals surface area contributed by atoms with E-state index in [0.29, 0.717) is 5.02 Å². The highest BCUT2D eigenvalue weighted by Gasteiger charge is 2.26. The standard InChI is InChI=1S/C14H13ClN4/c1-3-12-17-11-6-4-5-10(15)14(11)9(2)19(12)13-7-8-16-18-13/h4-8H,2-3H2,1H3,(H,16,18). The lowest BCUT2D eigenvalue weighted by molar-refractivity contribution is 1.05. The van der Waals surface area contributed by atoms with Gasteiger partial charge in [0.05, 0.1) is 22.6 Å². The van der Waals surface area contributed by atoms with Crippen molar-refractivity contribution < 1.29 is 0 Å². The summed E-state index contributed by atoms with van der Waals surface area (Å²) < 4.78 is 0. The molecule has 1 aliphatic rings. The maximum atomic E-state index is 6.27. The van der Waals surface area contributed by atoms with Crippen molar-refractivity contribution in [2.45, 2.75) is 13.3 Å². The molecule has 4 nitrogen and oxygen atoms in total. The fourth-order valence-corrected chi connectivity index (χ4v) is 2.52. The number of rotatable bonds is 2. The fraction of sp³-hybridized carbons (Fsp3) is 0.143. The summed E-state index contributed by atoms with van der Waals surface area (Å²) in [5.41, 5.74) is 2.55. The van der Waals surface area contributed by atoms with Gasteiger partial charge >= 0.3 is 0 Å². The van der Waals surface area contributed by atoms with Gasteiger partial charge < -0.3 is 0 Å². The average Bonchev–Trinajstić information content (AvgIpc) is 2.91. The number of amidine groups is 1. The molecule has 0 saturated carbocycles. The summed E-state index contributed by atoms with van der Waals surface area (Å²) in [5.74, 6) is 1.76. The fourth-order valence-electron chi connectivity index (χ4n) is 2.24. The van der Waals surface area contributed by atoms with Gasteiger partial charge in [0.15, 0.2) is 0 Å². The molecule has 2 aromatic rings. The number of aromatic amines is 1. The molecule has 0 unspecified atom stereocenters. The number of nitrogens with one attached hydrogen (secondary N) is 1. The molecule has 5 heteroatoms. The Bertz CT molecular complexity index is 658. The van der Waals surface area contributed by atoms with Crippen LogP contribution in [-0.2, 0) is 0 Å². The predicted molar refractivity (Wildman–Crippen MR) is 78.9 cm³/mol. The van der Waals surface area contributed by atoms with E-state index in [1.165, 1.54) is 0 Å². The first-order valence-corrected chi connectivity index (χ1v) is 6.45. The highest BCUT2D eigenvalue weighted by molar-refractivity contribution is 6.33. The number of hydrogen-bond acceptors (Lipinski definition) is 3. The Morgan fingerprint density at radius 1 is 1.37 bits per heavy atom. The van der Waals surface area contributed by atoms with E-state index in [4.69, 9.17) is 11.6 Å². The summed E-state index contributed by atoms with van der Waals surface area (Å²) >= 11 is 6.27. The van der Waals surface area contributed by atoms with E-state index >= 15 is 0 Å². The monoisotopic (exact) mass is 272 g/mol. The Kier molecular flexibility index (Phi) is 2.87. The van der Waals surface area contributed by atoms with Crippen LogP contribution in [0.3, 0.4) is 0 Å². The Labute approximate surface area is 116 Å². The number of anilines is 1. The largest absolute Gasteiger partial charge is 0.283 e. The summed E-state index contributed by atoms with van der Waals surface area (Å²) in [6.07, 6.45) is 2.50. The van der Waals surface area contributed by atoms with E-state index in [-0.39, 0.29) is 0 Å². The molecular formula is C14H13ClN4. The zero-order valence-corrected chi connectivity index (χ0v) is 11.3. The second-order valence-electron chi connectivity index (χ2n) is 4.24. The minimum Gasteiger partial charge on any atom is -0.283 e. The van der Waals surface area contributed by atoms with Crippen LogP contribution in [-0.4, -0.2) is 16.0 Å². The molecule has 0 spiro atoms. The van der Waals surface area contributed by atoms with Crippen LogP contribution in [0.2, 0.25) is 5.02 Å². The molecule has 0 fully saturated rings. The van der Waals surface area contributed by atoms with Gasteiger partial charge in [0.2, 0.25) is 0 Å². The molecule has 2 heterocycles. The minimum absolute atomic E-state index is 0.658. The molecule has 1 N–H and O–H groups in total. The number of halogens is 1. The predicted octanol–water partition coefficient (Wildman–Crippen LogP) is 3.99. The number of H-pyrrole nitrogens is 1. The first kappa shape index (κ1) is 12.0. The van der Waals surface area contributed by atoms with E-state index in [2.05, 4.69) is 28.7 Å². The normalized spacial score (nSPS) is 14.3. The summed E-state index contributed by atoms with van der Waals surface area (Å²) in [6.45, 7) is 6.23. The molecule has 0 amide bonds. The Morgan fingerprint density at radius 3 is 2.89 bits per heavy atom. The maximum Gasteiger partial charge on any atom is 0.134 e. The third-order valence-electron chi connectivity index (χ3n) is 3.10. The Hall–Kier alpha value is -2.07. The van der Waals surface area contributed by atoms with Crippen molar-refractivity contribution in [1.82, 2.24) is 10.2 Å². The Balaban J connectivity index is 2.20. The lowest BCUT2D eigenvalue weighted by Gasteiger charge is -2.31. The summed E-state index contributed by atoms with van der Waals surface area (Å²) in [7, 11) is 0. The van der Waals surface area contributed by atoms with Gasteiger partial charge in [0.1, 0.15) is 11.7 Å². The molecule has 0 bridgehead atoms. The average molecular weight is 273 g/mol. The molecule has 1 aromatic carbocycles. The highest BCUT2D eigenvalue weighted by Crippen LogP contribution is 2.39. The lowest BCUT2D eigenvalue weighted by Crippen LogP contribution is -2.31. The minimum atomic E-state index is 0.658. The van der Waals surface area contributed by atoms with Crippen LogP contribution in [0.25, 0.3) is 5.70 Å². The third-order valence-corrected chi connectivity index (χ3v) is 3.42. The first-order chi connectivity index (χ1) is 9.22. The molecule has 3 rings (SSSR count). The van der Waals surface area contributed by atoms with E-state index in [0.717, 1.165) is 35.0 Å². The van der Waals surface area contributed by atoms with Crippen LogP contribution in [0.5, 0.6) is 0 Å². The van der Waals surface area contributed by atoms with Crippen LogP contribution in [0, 0.1) is 0 Å². The summed E-state index contributed by atoms with van der Waals surface area (Å²) in [6, 6.07) is 7.59. The van der Waals surface area contributed by atoms with Crippen LogP contribution in [0.4, 0.5) is 11.5 Å². The van der Waals surface area contributed by atoms with Crippen molar-refractivity contribution in [3.05, 3.63) is 47.6 Å². The van der Waals surface area contributed by atoms with Crippen LogP contribution in [0.1, 0.15) is 18.9 Å². The zero-order chi connectivity index (χ0) is 13.4. The van der Waals surface area contributed by atoms with Gasteiger partial charge in [0.25, 0.3) is 0 Å². The maximum absolute atomic E-state index is 6.27. The topological polar surface area (TPSA) is 44.3 Å². The summed E-state index contributed by atoms with van der Waals surface area (Å²) in [5, 5.41) is 7.58. The van der Waals surface area contributed by atoms with E-state index in [9.17, 15) is 0 Å². The van der Waals surface area contributed by atoms with Gasteiger partial charge in [-0.15, -0.1) is 0 Å². The smallest absolute Gasteiger partial charge is 0.134 e. The van der Waals surface area contributed by atoms with Gasteiger partial charge in [-0.25, -0.2) is 4.99 Å². The van der Waals surface area contributed by atoms with Crippen LogP contribution in [0.15, 0.2) is 42.0 Å². The van der Waals surface area contributed by atoms with Crippen molar-refractivity contribution in [3.8, 4) is 0 Å². The van der Waals surface area contributed by atoms with E-state index in [1.54, 1.807) is 6.20 Å².